The van der Waals surface area contributed by atoms with E-state index in [9.17, 15) is 30.2 Å². The number of ether oxygens (including phenoxy) is 3. The summed E-state index contributed by atoms with van der Waals surface area (Å²) in [6.45, 7) is 10.5. The van der Waals surface area contributed by atoms with Crippen LogP contribution in [-0.4, -0.2) is 46.6 Å². The summed E-state index contributed by atoms with van der Waals surface area (Å²) in [7, 11) is 0. The molecule has 18 heteroatoms. The number of rotatable bonds is 12. The van der Waals surface area contributed by atoms with Gasteiger partial charge in [-0.05, 0) is 127 Å². The van der Waals surface area contributed by atoms with E-state index in [2.05, 4.69) is 37.9 Å². The van der Waals surface area contributed by atoms with Crippen LogP contribution in [0, 0.1) is 34.0 Å². The Bertz CT molecular complexity index is 3770. The minimum atomic E-state index is -0.666. The van der Waals surface area contributed by atoms with E-state index in [0.29, 0.717) is 84.3 Å². The van der Waals surface area contributed by atoms with Crippen molar-refractivity contribution in [3.8, 4) is 86.7 Å². The van der Waals surface area contributed by atoms with Crippen LogP contribution in [0.15, 0.2) is 165 Å². The van der Waals surface area contributed by atoms with Gasteiger partial charge in [-0.1, -0.05) is 54.5 Å². The van der Waals surface area contributed by atoms with Crippen LogP contribution in [0.4, 0.5) is 0 Å². The van der Waals surface area contributed by atoms with Crippen LogP contribution in [0.1, 0.15) is 16.7 Å². The van der Waals surface area contributed by atoms with Gasteiger partial charge < -0.3 is 14.2 Å². The molecule has 15 nitrogen and oxygen atoms in total. The van der Waals surface area contributed by atoms with E-state index >= 15 is 0 Å². The molecular weight excluding hydrogens is 1010 g/mol. The highest BCUT2D eigenvalue weighted by molar-refractivity contribution is 6.33. The fraction of sp³-hybridized carbons (Fsp3) is 0. The molecule has 0 aliphatic heterocycles. The fourth-order valence-corrected chi connectivity index (χ4v) is 9.11. The summed E-state index contributed by atoms with van der Waals surface area (Å²) in [5.74, 6) is -0.345. The molecular formula is C57H30Cl3N9O6. The normalized spacial score (nSPS) is 10.9. The Kier molecular flexibility index (Phi) is 12.8. The van der Waals surface area contributed by atoms with E-state index in [1.807, 2.05) is 13.7 Å². The third kappa shape index (κ3) is 8.80. The molecule has 7 aromatic carbocycles. The van der Waals surface area contributed by atoms with Gasteiger partial charge >= 0.3 is 17.9 Å². The molecule has 0 bridgehead atoms. The highest BCUT2D eigenvalue weighted by Gasteiger charge is 2.31. The summed E-state index contributed by atoms with van der Waals surface area (Å²) >= 11 is 20.3. The van der Waals surface area contributed by atoms with Crippen LogP contribution in [0.2, 0.25) is 15.1 Å². The van der Waals surface area contributed by atoms with Gasteiger partial charge in [0.05, 0.1) is 31.8 Å². The number of halogens is 3. The molecule has 3 aromatic heterocycles. The Morgan fingerprint density at radius 2 is 0.680 bits per heavy atom. The summed E-state index contributed by atoms with van der Waals surface area (Å²) in [6.07, 6.45) is 3.15. The number of hydrogen-bond donors (Lipinski definition) is 0. The monoisotopic (exact) mass is 1040 g/mol. The number of nitriles is 3. The standard InChI is InChI=1S/C57H30Cl3N9O6/c1-4-46(70)73-40-19-13-37(14-20-40)67-52-49(64-55(67)31-7-10-34(28-61)43(58)25-31)53-51(66-57(33-9-12-36(30-63)45(60)27-33)68(53)38-15-21-41(22-16-38)74-47(71)5-2)54-50(52)65-56(32-8-11-35(29-62)44(59)26-32)69(54)39-17-23-42(24-18-39)75-48(72)6-3/h4-27H,1-3H2. The van der Waals surface area contributed by atoms with Gasteiger partial charge in [-0.2, -0.15) is 15.8 Å². The van der Waals surface area contributed by atoms with Gasteiger partial charge in [0.25, 0.3) is 0 Å². The van der Waals surface area contributed by atoms with Crippen molar-refractivity contribution in [1.82, 2.24) is 28.7 Å². The molecule has 0 aliphatic carbocycles. The zero-order valence-electron chi connectivity index (χ0n) is 38.6. The van der Waals surface area contributed by atoms with Gasteiger partial charge in [-0.3, -0.25) is 13.7 Å². The van der Waals surface area contributed by atoms with Crippen molar-refractivity contribution in [2.24, 2.45) is 0 Å². The largest absolute Gasteiger partial charge is 0.423 e. The van der Waals surface area contributed by atoms with Crippen molar-refractivity contribution < 1.29 is 28.6 Å². The van der Waals surface area contributed by atoms with Crippen molar-refractivity contribution in [2.45, 2.75) is 0 Å². The lowest BCUT2D eigenvalue weighted by Crippen LogP contribution is -2.04. The Balaban J connectivity index is 1.44. The summed E-state index contributed by atoms with van der Waals surface area (Å²) in [6, 6.07) is 41.1. The molecule has 0 aliphatic rings. The molecule has 0 saturated carbocycles. The summed E-state index contributed by atoms with van der Waals surface area (Å²) in [4.78, 5) is 53.4. The first kappa shape index (κ1) is 48.5. The van der Waals surface area contributed by atoms with E-state index in [-0.39, 0.29) is 49.0 Å². The first-order valence-electron chi connectivity index (χ1n) is 22.2. The van der Waals surface area contributed by atoms with Crippen molar-refractivity contribution in [2.75, 3.05) is 0 Å². The lowest BCUT2D eigenvalue weighted by molar-refractivity contribution is -0.129. The molecule has 0 spiro atoms. The van der Waals surface area contributed by atoms with Crippen molar-refractivity contribution in [3.63, 3.8) is 0 Å². The van der Waals surface area contributed by atoms with E-state index in [4.69, 9.17) is 64.0 Å². The predicted molar refractivity (Wildman–Crippen MR) is 283 cm³/mol. The summed E-state index contributed by atoms with van der Waals surface area (Å²) < 4.78 is 22.0. The number of esters is 3. The van der Waals surface area contributed by atoms with Crippen LogP contribution in [0.5, 0.6) is 17.2 Å². The SMILES string of the molecule is C=CC(=O)Oc1ccc(-n2c(-c3ccc(C#N)c(Cl)c3)nc3c2c2nc(-c4ccc(C#N)c(Cl)c4)n(-c4ccc(OC(=O)C=C)cc4)c2c2nc(-c4ccc(C#N)c(Cl)c4)n(-c4ccc(OC(=O)C=C)cc4)c32)cc1. The first-order valence-corrected chi connectivity index (χ1v) is 23.3. The van der Waals surface area contributed by atoms with Gasteiger partial charge in [0, 0.05) is 52.0 Å². The van der Waals surface area contributed by atoms with E-state index in [0.717, 1.165) is 18.2 Å². The van der Waals surface area contributed by atoms with Crippen LogP contribution in [-0.2, 0) is 14.4 Å². The molecule has 360 valence electrons. The molecule has 10 aromatic rings. The number of carbonyl (C=O) groups excluding carboxylic acids is 3. The number of imidazole rings is 3. The number of carbonyl (C=O) groups is 3. The van der Waals surface area contributed by atoms with E-state index < -0.39 is 17.9 Å². The smallest absolute Gasteiger partial charge is 0.335 e. The third-order valence-corrected chi connectivity index (χ3v) is 12.7. The van der Waals surface area contributed by atoms with E-state index in [1.165, 1.54) is 0 Å². The zero-order valence-corrected chi connectivity index (χ0v) is 40.9. The Morgan fingerprint density at radius 1 is 0.427 bits per heavy atom. The van der Waals surface area contributed by atoms with Crippen molar-refractivity contribution in [3.05, 3.63) is 197 Å². The van der Waals surface area contributed by atoms with E-state index in [1.54, 1.807) is 127 Å². The Labute approximate surface area is 440 Å². The maximum atomic E-state index is 12.3. The lowest BCUT2D eigenvalue weighted by atomic mass is 10.1. The van der Waals surface area contributed by atoms with Crippen LogP contribution in [0.3, 0.4) is 0 Å². The molecule has 0 fully saturated rings. The van der Waals surface area contributed by atoms with Crippen molar-refractivity contribution in [1.29, 1.82) is 15.8 Å². The molecule has 0 unspecified atom stereocenters. The second-order valence-electron chi connectivity index (χ2n) is 16.2. The lowest BCUT2D eigenvalue weighted by Gasteiger charge is -2.13. The Hall–Kier alpha value is -10.1. The van der Waals surface area contributed by atoms with Gasteiger partial charge in [-0.15, -0.1) is 0 Å². The van der Waals surface area contributed by atoms with Crippen LogP contribution >= 0.6 is 34.8 Å². The summed E-state index contributed by atoms with van der Waals surface area (Å²) in [5, 5.41) is 30.3. The maximum Gasteiger partial charge on any atom is 0.335 e. The second-order valence-corrected chi connectivity index (χ2v) is 17.4. The average Bonchev–Trinajstić information content (AvgIpc) is 4.18. The average molecular weight is 1040 g/mol. The molecule has 0 N–H and O–H groups in total. The third-order valence-electron chi connectivity index (χ3n) is 11.8. The number of benzene rings is 7. The first-order chi connectivity index (χ1) is 36.4. The summed E-state index contributed by atoms with van der Waals surface area (Å²) in [5.41, 5.74) is 5.95. The predicted octanol–water partition coefficient (Wildman–Crippen LogP) is 12.6. The minimum absolute atomic E-state index is 0.157. The molecule has 3 heterocycles. The fourth-order valence-electron chi connectivity index (χ4n) is 8.44. The highest BCUT2D eigenvalue weighted by atomic mass is 35.5. The molecule has 75 heavy (non-hydrogen) atoms. The Morgan fingerprint density at radius 3 is 0.893 bits per heavy atom. The zero-order chi connectivity index (χ0) is 52.7. The van der Waals surface area contributed by atoms with Gasteiger partial charge in [0.15, 0.2) is 0 Å². The maximum absolute atomic E-state index is 12.3. The van der Waals surface area contributed by atoms with Crippen LogP contribution in [0.25, 0.3) is 84.3 Å². The quantitative estimate of drug-likeness (QED) is 0.0637. The number of nitrogens with zero attached hydrogens (tertiary/aromatic N) is 9. The van der Waals surface area contributed by atoms with Gasteiger partial charge in [-0.25, -0.2) is 29.3 Å². The molecule has 0 radical (unpaired) electrons. The molecule has 0 atom stereocenters. The minimum Gasteiger partial charge on any atom is -0.423 e. The van der Waals surface area contributed by atoms with Gasteiger partial charge in [0.1, 0.15) is 86.0 Å². The van der Waals surface area contributed by atoms with Crippen molar-refractivity contribution >= 4 is 85.8 Å². The molecule has 0 amide bonds. The number of fused-ring (bicyclic) bond motifs is 6. The topological polar surface area (TPSA) is 204 Å². The highest BCUT2D eigenvalue weighted by Crippen LogP contribution is 2.45. The van der Waals surface area contributed by atoms with Crippen LogP contribution < -0.4 is 14.2 Å². The molecule has 0 saturated heterocycles. The van der Waals surface area contributed by atoms with Gasteiger partial charge in [0.2, 0.25) is 0 Å². The number of aromatic nitrogens is 6. The second kappa shape index (κ2) is 19.8. The number of hydrogen-bond acceptors (Lipinski definition) is 12. The molecule has 10 rings (SSSR count).